The molecular weight excluding hydrogens is 488 g/mol. The minimum Gasteiger partial charge on any atom is -0.480 e. The molecule has 2 heterocycles. The van der Waals surface area contributed by atoms with E-state index in [-0.39, 0.29) is 22.5 Å². The Labute approximate surface area is 220 Å². The summed E-state index contributed by atoms with van der Waals surface area (Å²) in [4.78, 5) is 52.8. The number of amides is 2. The summed E-state index contributed by atoms with van der Waals surface area (Å²) in [6.45, 7) is 5.47. The smallest absolute Gasteiger partial charge is 0.335 e. The van der Waals surface area contributed by atoms with E-state index >= 15 is 0 Å². The largest absolute Gasteiger partial charge is 0.480 e. The number of unbranched alkanes of at least 4 members (excludes halogenated alkanes) is 2. The van der Waals surface area contributed by atoms with Gasteiger partial charge in [0.15, 0.2) is 5.84 Å². The maximum absolute atomic E-state index is 13.5. The zero-order valence-electron chi connectivity index (χ0n) is 21.4. The first kappa shape index (κ1) is 26.6. The summed E-state index contributed by atoms with van der Waals surface area (Å²) in [6, 6.07) is 12.9. The Balaban J connectivity index is 1.71. The summed E-state index contributed by atoms with van der Waals surface area (Å²) < 4.78 is 0. The number of hydrogen-bond acceptors (Lipinski definition) is 6. The number of fused-ring (bicyclic) bond motifs is 1. The number of hydrazone groups is 1. The summed E-state index contributed by atoms with van der Waals surface area (Å²) in [5.41, 5.74) is 1.98. The van der Waals surface area contributed by atoms with Gasteiger partial charge in [0.2, 0.25) is 0 Å². The Morgan fingerprint density at radius 3 is 1.97 bits per heavy atom. The molecule has 2 N–H and O–H groups in total. The average molecular weight is 519 g/mol. The minimum atomic E-state index is -1.24. The van der Waals surface area contributed by atoms with Crippen LogP contribution >= 0.6 is 0 Å². The van der Waals surface area contributed by atoms with Crippen molar-refractivity contribution >= 4 is 46.5 Å². The van der Waals surface area contributed by atoms with Gasteiger partial charge in [-0.3, -0.25) is 19.3 Å². The van der Waals surface area contributed by atoms with Crippen molar-refractivity contribution in [2.45, 2.75) is 39.5 Å². The molecule has 10 heteroatoms. The van der Waals surface area contributed by atoms with Gasteiger partial charge in [0.05, 0.1) is 22.4 Å². The SMILES string of the molecule is CCCCN(CCCC)c1ccc(C2=C3C(=O)N(c4ccc(C(=O)O)cc4)N=C3N(CC(=O)O)C2=O)cc1. The van der Waals surface area contributed by atoms with Gasteiger partial charge in [0.1, 0.15) is 6.54 Å². The number of carboxylic acid groups (broad SMARTS) is 2. The highest BCUT2D eigenvalue weighted by Crippen LogP contribution is 2.37. The molecule has 2 amide bonds. The van der Waals surface area contributed by atoms with E-state index in [0.717, 1.165) is 54.4 Å². The number of aromatic carboxylic acids is 1. The van der Waals surface area contributed by atoms with Crippen molar-refractivity contribution in [3.8, 4) is 0 Å². The van der Waals surface area contributed by atoms with Crippen LogP contribution in [0.15, 0.2) is 59.2 Å². The normalized spacial score (nSPS) is 14.7. The monoisotopic (exact) mass is 518 g/mol. The number of nitrogens with zero attached hydrogens (tertiary/aromatic N) is 4. The lowest BCUT2D eigenvalue weighted by Crippen LogP contribution is -2.36. The van der Waals surface area contributed by atoms with Gasteiger partial charge >= 0.3 is 11.9 Å². The van der Waals surface area contributed by atoms with Crippen molar-refractivity contribution in [1.29, 1.82) is 0 Å². The molecule has 2 aliphatic rings. The molecule has 4 rings (SSSR count). The van der Waals surface area contributed by atoms with Crippen LogP contribution in [-0.4, -0.2) is 64.3 Å². The Hall–Kier alpha value is -4.47. The van der Waals surface area contributed by atoms with Crippen LogP contribution in [-0.2, 0) is 14.4 Å². The van der Waals surface area contributed by atoms with Gasteiger partial charge in [-0.15, -0.1) is 5.10 Å². The van der Waals surface area contributed by atoms with Gasteiger partial charge in [-0.05, 0) is 54.8 Å². The quantitative estimate of drug-likeness (QED) is 0.437. The molecule has 0 bridgehead atoms. The number of amidine groups is 1. The molecule has 2 aromatic rings. The second kappa shape index (κ2) is 11.3. The van der Waals surface area contributed by atoms with Crippen LogP contribution in [0.1, 0.15) is 55.5 Å². The fourth-order valence-corrected chi connectivity index (χ4v) is 4.51. The molecular formula is C28H30N4O6. The minimum absolute atomic E-state index is 0.0279. The van der Waals surface area contributed by atoms with Gasteiger partial charge in [0.25, 0.3) is 11.8 Å². The fraction of sp³-hybridized carbons (Fsp3) is 0.321. The Morgan fingerprint density at radius 2 is 1.45 bits per heavy atom. The molecule has 0 aromatic heterocycles. The molecule has 0 saturated carbocycles. The van der Waals surface area contributed by atoms with Gasteiger partial charge in [-0.1, -0.05) is 38.8 Å². The first-order chi connectivity index (χ1) is 18.3. The Morgan fingerprint density at radius 1 is 0.842 bits per heavy atom. The number of anilines is 2. The number of rotatable bonds is 12. The van der Waals surface area contributed by atoms with E-state index in [1.807, 2.05) is 12.1 Å². The number of carboxylic acids is 2. The number of hydrogen-bond donors (Lipinski definition) is 2. The summed E-state index contributed by atoms with van der Waals surface area (Å²) in [5, 5.41) is 23.9. The van der Waals surface area contributed by atoms with Crippen LogP contribution in [0.3, 0.4) is 0 Å². The molecule has 0 saturated heterocycles. The highest BCUT2D eigenvalue weighted by molar-refractivity contribution is 6.48. The van der Waals surface area contributed by atoms with E-state index in [9.17, 15) is 24.3 Å². The van der Waals surface area contributed by atoms with Crippen molar-refractivity contribution in [2.24, 2.45) is 5.10 Å². The van der Waals surface area contributed by atoms with Crippen molar-refractivity contribution in [3.63, 3.8) is 0 Å². The van der Waals surface area contributed by atoms with E-state index in [0.29, 0.717) is 11.3 Å². The number of carbonyl (C=O) groups is 4. The Bertz CT molecular complexity index is 1310. The molecule has 198 valence electrons. The second-order valence-electron chi connectivity index (χ2n) is 9.17. The average Bonchev–Trinajstić information content (AvgIpc) is 3.37. The standard InChI is InChI=1S/C28H30N4O6/c1-3-5-15-30(16-6-4-2)20-11-7-18(8-12-20)23-24-25(31(26(23)35)17-22(33)34)29-32(27(24)36)21-13-9-19(10-14-21)28(37)38/h7-14H,3-6,15-17H2,1-2H3,(H,33,34)(H,37,38). The van der Waals surface area contributed by atoms with Gasteiger partial charge in [0, 0.05) is 18.8 Å². The first-order valence-electron chi connectivity index (χ1n) is 12.7. The molecule has 2 aromatic carbocycles. The summed E-state index contributed by atoms with van der Waals surface area (Å²) >= 11 is 0. The molecule has 0 unspecified atom stereocenters. The number of aliphatic carboxylic acids is 1. The highest BCUT2D eigenvalue weighted by Gasteiger charge is 2.47. The van der Waals surface area contributed by atoms with Crippen molar-refractivity contribution in [3.05, 3.63) is 65.2 Å². The molecule has 38 heavy (non-hydrogen) atoms. The predicted molar refractivity (Wildman–Crippen MR) is 143 cm³/mol. The zero-order chi connectivity index (χ0) is 27.4. The van der Waals surface area contributed by atoms with E-state index in [1.165, 1.54) is 24.3 Å². The summed E-state index contributed by atoms with van der Waals surface area (Å²) in [5.74, 6) is -3.57. The Kier molecular flexibility index (Phi) is 7.90. The summed E-state index contributed by atoms with van der Waals surface area (Å²) in [6.07, 6.45) is 4.26. The highest BCUT2D eigenvalue weighted by atomic mass is 16.4. The molecule has 0 fully saturated rings. The van der Waals surface area contributed by atoms with Crippen molar-refractivity contribution in [1.82, 2.24) is 4.90 Å². The molecule has 0 radical (unpaired) electrons. The van der Waals surface area contributed by atoms with Crippen molar-refractivity contribution < 1.29 is 29.4 Å². The topological polar surface area (TPSA) is 131 Å². The molecule has 0 spiro atoms. The third-order valence-corrected chi connectivity index (χ3v) is 6.53. The van der Waals surface area contributed by atoms with Crippen molar-refractivity contribution in [2.75, 3.05) is 29.5 Å². The lowest BCUT2D eigenvalue weighted by Gasteiger charge is -2.25. The lowest BCUT2D eigenvalue weighted by atomic mass is 10.0. The summed E-state index contributed by atoms with van der Waals surface area (Å²) in [7, 11) is 0. The first-order valence-corrected chi connectivity index (χ1v) is 12.7. The van der Waals surface area contributed by atoms with Gasteiger partial charge in [-0.2, -0.15) is 5.01 Å². The molecule has 0 aliphatic carbocycles. The molecule has 0 atom stereocenters. The van der Waals surface area contributed by atoms with Crippen LogP contribution in [0.25, 0.3) is 5.57 Å². The van der Waals surface area contributed by atoms with E-state index in [2.05, 4.69) is 23.8 Å². The van der Waals surface area contributed by atoms with E-state index in [4.69, 9.17) is 5.11 Å². The fourth-order valence-electron chi connectivity index (χ4n) is 4.51. The van der Waals surface area contributed by atoms with Crippen LogP contribution in [0.5, 0.6) is 0 Å². The molecule has 2 aliphatic heterocycles. The number of carbonyl (C=O) groups excluding carboxylic acids is 2. The van der Waals surface area contributed by atoms with Crippen LogP contribution in [0.4, 0.5) is 11.4 Å². The zero-order valence-corrected chi connectivity index (χ0v) is 21.4. The lowest BCUT2D eigenvalue weighted by molar-refractivity contribution is -0.140. The number of benzene rings is 2. The van der Waals surface area contributed by atoms with E-state index in [1.54, 1.807) is 12.1 Å². The third kappa shape index (κ3) is 5.15. The van der Waals surface area contributed by atoms with Gasteiger partial charge < -0.3 is 15.1 Å². The van der Waals surface area contributed by atoms with Gasteiger partial charge in [-0.25, -0.2) is 4.79 Å². The van der Waals surface area contributed by atoms with Crippen LogP contribution < -0.4 is 9.91 Å². The maximum atomic E-state index is 13.5. The van der Waals surface area contributed by atoms with E-state index < -0.39 is 30.3 Å². The predicted octanol–water partition coefficient (Wildman–Crippen LogP) is 3.83. The molecule has 10 nitrogen and oxygen atoms in total. The second-order valence-corrected chi connectivity index (χ2v) is 9.17. The maximum Gasteiger partial charge on any atom is 0.335 e. The van der Waals surface area contributed by atoms with Crippen LogP contribution in [0, 0.1) is 0 Å². The third-order valence-electron chi connectivity index (χ3n) is 6.53. The van der Waals surface area contributed by atoms with Crippen LogP contribution in [0.2, 0.25) is 0 Å².